The summed E-state index contributed by atoms with van der Waals surface area (Å²) in [7, 11) is 0. The molecule has 0 bridgehead atoms. The fourth-order valence-electron chi connectivity index (χ4n) is 2.00. The minimum absolute atomic E-state index is 0.301. The SMILES string of the molecule is Cc1cc(F)cc(C(O)c2sc(C)cc2C)c1. The Labute approximate surface area is 105 Å². The molecule has 0 radical (unpaired) electrons. The minimum atomic E-state index is -0.733. The Kier molecular flexibility index (Phi) is 3.31. The van der Waals surface area contributed by atoms with Crippen molar-refractivity contribution in [3.8, 4) is 0 Å². The highest BCUT2D eigenvalue weighted by Gasteiger charge is 2.16. The van der Waals surface area contributed by atoms with Gasteiger partial charge in [0.15, 0.2) is 0 Å². The van der Waals surface area contributed by atoms with E-state index >= 15 is 0 Å². The number of aryl methyl sites for hydroxylation is 3. The van der Waals surface area contributed by atoms with Crippen molar-refractivity contribution < 1.29 is 9.50 Å². The summed E-state index contributed by atoms with van der Waals surface area (Å²) in [6.07, 6.45) is -0.733. The summed E-state index contributed by atoms with van der Waals surface area (Å²) < 4.78 is 13.3. The molecular formula is C14H15FOS. The maximum absolute atomic E-state index is 13.3. The van der Waals surface area contributed by atoms with E-state index in [9.17, 15) is 9.50 Å². The maximum atomic E-state index is 13.3. The molecule has 1 aromatic heterocycles. The van der Waals surface area contributed by atoms with Gasteiger partial charge < -0.3 is 5.11 Å². The zero-order chi connectivity index (χ0) is 12.6. The first-order chi connectivity index (χ1) is 7.97. The van der Waals surface area contributed by atoms with Crippen molar-refractivity contribution in [1.29, 1.82) is 0 Å². The second-order valence-corrected chi connectivity index (χ2v) is 5.66. The molecule has 1 N–H and O–H groups in total. The van der Waals surface area contributed by atoms with E-state index in [0.717, 1.165) is 20.9 Å². The molecule has 0 saturated carbocycles. The van der Waals surface area contributed by atoms with Gasteiger partial charge in [0.1, 0.15) is 11.9 Å². The summed E-state index contributed by atoms with van der Waals surface area (Å²) in [6, 6.07) is 6.71. The van der Waals surface area contributed by atoms with Gasteiger partial charge >= 0.3 is 0 Å². The maximum Gasteiger partial charge on any atom is 0.123 e. The highest BCUT2D eigenvalue weighted by molar-refractivity contribution is 7.12. The lowest BCUT2D eigenvalue weighted by Gasteiger charge is -2.11. The van der Waals surface area contributed by atoms with Crippen LogP contribution >= 0.6 is 11.3 Å². The van der Waals surface area contributed by atoms with E-state index in [0.29, 0.717) is 5.56 Å². The van der Waals surface area contributed by atoms with Crippen LogP contribution in [0, 0.1) is 26.6 Å². The third-order valence-electron chi connectivity index (χ3n) is 2.71. The zero-order valence-electron chi connectivity index (χ0n) is 10.1. The van der Waals surface area contributed by atoms with Crippen LogP contribution < -0.4 is 0 Å². The lowest BCUT2D eigenvalue weighted by atomic mass is 10.0. The summed E-state index contributed by atoms with van der Waals surface area (Å²) >= 11 is 1.56. The zero-order valence-corrected chi connectivity index (χ0v) is 10.9. The van der Waals surface area contributed by atoms with E-state index in [2.05, 4.69) is 0 Å². The van der Waals surface area contributed by atoms with Crippen LogP contribution in [-0.4, -0.2) is 5.11 Å². The van der Waals surface area contributed by atoms with E-state index < -0.39 is 6.10 Å². The molecule has 3 heteroatoms. The first-order valence-electron chi connectivity index (χ1n) is 5.49. The number of hydrogen-bond donors (Lipinski definition) is 1. The van der Waals surface area contributed by atoms with E-state index in [1.165, 1.54) is 12.1 Å². The predicted octanol–water partition coefficient (Wildman–Crippen LogP) is 3.89. The van der Waals surface area contributed by atoms with Crippen LogP contribution in [0.3, 0.4) is 0 Å². The van der Waals surface area contributed by atoms with Crippen molar-refractivity contribution in [3.63, 3.8) is 0 Å². The lowest BCUT2D eigenvalue weighted by Crippen LogP contribution is -2.00. The van der Waals surface area contributed by atoms with Gasteiger partial charge in [0.05, 0.1) is 0 Å². The highest BCUT2D eigenvalue weighted by atomic mass is 32.1. The third kappa shape index (κ3) is 2.56. The van der Waals surface area contributed by atoms with Crippen molar-refractivity contribution >= 4 is 11.3 Å². The summed E-state index contributed by atoms with van der Waals surface area (Å²) in [5.74, 6) is -0.301. The van der Waals surface area contributed by atoms with E-state index in [-0.39, 0.29) is 5.82 Å². The second kappa shape index (κ2) is 4.59. The van der Waals surface area contributed by atoms with Crippen molar-refractivity contribution in [2.75, 3.05) is 0 Å². The monoisotopic (exact) mass is 250 g/mol. The number of rotatable bonds is 2. The molecule has 0 amide bonds. The van der Waals surface area contributed by atoms with Gasteiger partial charge in [0.2, 0.25) is 0 Å². The van der Waals surface area contributed by atoms with Gasteiger partial charge in [-0.1, -0.05) is 6.07 Å². The van der Waals surface area contributed by atoms with Crippen LogP contribution in [0.5, 0.6) is 0 Å². The molecule has 1 atom stereocenters. The van der Waals surface area contributed by atoms with Crippen molar-refractivity contribution in [2.24, 2.45) is 0 Å². The Morgan fingerprint density at radius 2 is 1.82 bits per heavy atom. The van der Waals surface area contributed by atoms with Crippen LogP contribution in [-0.2, 0) is 0 Å². The minimum Gasteiger partial charge on any atom is -0.383 e. The Balaban J connectivity index is 2.43. The van der Waals surface area contributed by atoms with Gasteiger partial charge in [-0.05, 0) is 55.7 Å². The van der Waals surface area contributed by atoms with Crippen molar-refractivity contribution in [2.45, 2.75) is 26.9 Å². The van der Waals surface area contributed by atoms with Gasteiger partial charge in [-0.2, -0.15) is 0 Å². The molecule has 0 fully saturated rings. The standard InChI is InChI=1S/C14H15FOS/c1-8-4-11(7-12(15)5-8)13(16)14-9(2)6-10(3)17-14/h4-7,13,16H,1-3H3. The molecule has 1 nitrogen and oxygen atoms in total. The van der Waals surface area contributed by atoms with Gasteiger partial charge in [0, 0.05) is 9.75 Å². The van der Waals surface area contributed by atoms with E-state index in [4.69, 9.17) is 0 Å². The molecule has 90 valence electrons. The fraction of sp³-hybridized carbons (Fsp3) is 0.286. The number of halogens is 1. The third-order valence-corrected chi connectivity index (χ3v) is 3.91. The van der Waals surface area contributed by atoms with Crippen LogP contribution in [0.2, 0.25) is 0 Å². The molecule has 1 heterocycles. The summed E-state index contributed by atoms with van der Waals surface area (Å²) in [5, 5.41) is 10.3. The number of aliphatic hydroxyl groups excluding tert-OH is 1. The van der Waals surface area contributed by atoms with Crippen LogP contribution in [0.4, 0.5) is 4.39 Å². The first kappa shape index (κ1) is 12.3. The number of aliphatic hydroxyl groups is 1. The summed E-state index contributed by atoms with van der Waals surface area (Å²) in [4.78, 5) is 2.05. The molecule has 0 aliphatic rings. The van der Waals surface area contributed by atoms with Gasteiger partial charge in [-0.25, -0.2) is 4.39 Å². The fourth-order valence-corrected chi connectivity index (χ4v) is 3.05. The van der Waals surface area contributed by atoms with Crippen LogP contribution in [0.25, 0.3) is 0 Å². The lowest BCUT2D eigenvalue weighted by molar-refractivity contribution is 0.223. The molecule has 17 heavy (non-hydrogen) atoms. The normalized spacial score (nSPS) is 12.8. The Bertz CT molecular complexity index is 525. The smallest absolute Gasteiger partial charge is 0.123 e. The largest absolute Gasteiger partial charge is 0.383 e. The molecule has 2 rings (SSSR count). The Hall–Kier alpha value is -1.19. The summed E-state index contributed by atoms with van der Waals surface area (Å²) in [5.41, 5.74) is 2.50. The Morgan fingerprint density at radius 3 is 2.35 bits per heavy atom. The topological polar surface area (TPSA) is 20.2 Å². The first-order valence-corrected chi connectivity index (χ1v) is 6.31. The van der Waals surface area contributed by atoms with Gasteiger partial charge in [-0.15, -0.1) is 11.3 Å². The van der Waals surface area contributed by atoms with Crippen molar-refractivity contribution in [3.05, 3.63) is 56.5 Å². The van der Waals surface area contributed by atoms with E-state index in [1.54, 1.807) is 11.3 Å². The molecule has 0 aliphatic carbocycles. The molecule has 0 aliphatic heterocycles. The number of thiophene rings is 1. The van der Waals surface area contributed by atoms with Crippen molar-refractivity contribution in [1.82, 2.24) is 0 Å². The molecule has 0 saturated heterocycles. The Morgan fingerprint density at radius 1 is 1.12 bits per heavy atom. The average molecular weight is 250 g/mol. The molecular weight excluding hydrogens is 235 g/mol. The van der Waals surface area contributed by atoms with E-state index in [1.807, 2.05) is 32.9 Å². The molecule has 1 unspecified atom stereocenters. The number of hydrogen-bond acceptors (Lipinski definition) is 2. The molecule has 0 spiro atoms. The van der Waals surface area contributed by atoms with Gasteiger partial charge in [-0.3, -0.25) is 0 Å². The molecule has 1 aromatic carbocycles. The molecule has 2 aromatic rings. The quantitative estimate of drug-likeness (QED) is 0.857. The highest BCUT2D eigenvalue weighted by Crippen LogP contribution is 2.32. The average Bonchev–Trinajstić information content (AvgIpc) is 2.55. The predicted molar refractivity (Wildman–Crippen MR) is 69.0 cm³/mol. The van der Waals surface area contributed by atoms with Crippen LogP contribution in [0.15, 0.2) is 24.3 Å². The van der Waals surface area contributed by atoms with Gasteiger partial charge in [0.25, 0.3) is 0 Å². The number of benzene rings is 1. The second-order valence-electron chi connectivity index (χ2n) is 4.37. The summed E-state index contributed by atoms with van der Waals surface area (Å²) in [6.45, 7) is 5.80. The van der Waals surface area contributed by atoms with Crippen LogP contribution in [0.1, 0.15) is 32.5 Å².